The second-order valence-electron chi connectivity index (χ2n) is 4.89. The van der Waals surface area contributed by atoms with Gasteiger partial charge < -0.3 is 9.80 Å². The van der Waals surface area contributed by atoms with Crippen molar-refractivity contribution in [3.8, 4) is 0 Å². The summed E-state index contributed by atoms with van der Waals surface area (Å²) in [5, 5.41) is 1.14. The van der Waals surface area contributed by atoms with Gasteiger partial charge in [-0.25, -0.2) is 0 Å². The van der Waals surface area contributed by atoms with Gasteiger partial charge in [-0.15, -0.1) is 11.3 Å². The monoisotopic (exact) mass is 338 g/mol. The molecule has 1 aliphatic heterocycles. The third-order valence-electron chi connectivity index (χ3n) is 3.48. The van der Waals surface area contributed by atoms with Gasteiger partial charge in [-0.2, -0.15) is 0 Å². The van der Waals surface area contributed by atoms with Gasteiger partial charge in [0.1, 0.15) is 0 Å². The number of likely N-dealkylation sites (N-methyl/N-ethyl adjacent to an activating group) is 1. The topological polar surface area (TPSA) is 23.6 Å². The van der Waals surface area contributed by atoms with Gasteiger partial charge in [0, 0.05) is 35.4 Å². The molecule has 0 unspecified atom stereocenters. The van der Waals surface area contributed by atoms with Crippen molar-refractivity contribution in [2.45, 2.75) is 0 Å². The molecule has 1 aromatic heterocycles. The van der Waals surface area contributed by atoms with Crippen molar-refractivity contribution in [3.63, 3.8) is 0 Å². The lowest BCUT2D eigenvalue weighted by Crippen LogP contribution is -2.46. The Morgan fingerprint density at radius 2 is 1.95 bits per heavy atom. The van der Waals surface area contributed by atoms with Crippen molar-refractivity contribution in [3.05, 3.63) is 33.6 Å². The molecule has 0 aliphatic carbocycles. The van der Waals surface area contributed by atoms with E-state index >= 15 is 0 Å². The van der Waals surface area contributed by atoms with Gasteiger partial charge in [0.05, 0.1) is 4.88 Å². The first-order valence-electron chi connectivity index (χ1n) is 6.30. The molecule has 3 rings (SSSR count). The first kappa shape index (κ1) is 13.1. The van der Waals surface area contributed by atoms with E-state index in [0.29, 0.717) is 0 Å². The Balaban J connectivity index is 1.85. The number of hydrogen-bond acceptors (Lipinski definition) is 3. The molecule has 0 atom stereocenters. The smallest absolute Gasteiger partial charge is 0.264 e. The van der Waals surface area contributed by atoms with Gasteiger partial charge >= 0.3 is 0 Å². The number of rotatable bonds is 1. The Hall–Kier alpha value is -0.910. The number of nitrogens with zero attached hydrogens (tertiary/aromatic N) is 2. The van der Waals surface area contributed by atoms with Crippen LogP contribution in [0.2, 0.25) is 0 Å². The summed E-state index contributed by atoms with van der Waals surface area (Å²) < 4.78 is 2.22. The van der Waals surface area contributed by atoms with E-state index < -0.39 is 0 Å². The van der Waals surface area contributed by atoms with Crippen molar-refractivity contribution < 1.29 is 4.79 Å². The lowest BCUT2D eigenvalue weighted by Gasteiger charge is -2.32. The number of hydrogen-bond donors (Lipinski definition) is 0. The van der Waals surface area contributed by atoms with E-state index in [-0.39, 0.29) is 5.91 Å². The first-order chi connectivity index (χ1) is 9.13. The highest BCUT2D eigenvalue weighted by Gasteiger charge is 2.21. The van der Waals surface area contributed by atoms with E-state index in [2.05, 4.69) is 40.0 Å². The highest BCUT2D eigenvalue weighted by Crippen LogP contribution is 2.29. The summed E-state index contributed by atoms with van der Waals surface area (Å²) in [7, 11) is 2.10. The Bertz CT molecular complexity index is 617. The lowest BCUT2D eigenvalue weighted by molar-refractivity contribution is 0.0669. The highest BCUT2D eigenvalue weighted by atomic mass is 79.9. The molecule has 0 bridgehead atoms. The lowest BCUT2D eigenvalue weighted by atomic mass is 10.2. The van der Waals surface area contributed by atoms with Crippen LogP contribution < -0.4 is 0 Å². The molecule has 19 heavy (non-hydrogen) atoms. The van der Waals surface area contributed by atoms with Crippen molar-refractivity contribution in [2.24, 2.45) is 0 Å². The maximum absolute atomic E-state index is 12.5. The van der Waals surface area contributed by atoms with Gasteiger partial charge in [0.2, 0.25) is 0 Å². The Morgan fingerprint density at radius 1 is 1.21 bits per heavy atom. The summed E-state index contributed by atoms with van der Waals surface area (Å²) >= 11 is 5.05. The zero-order chi connectivity index (χ0) is 13.4. The molecule has 5 heteroatoms. The van der Waals surface area contributed by atoms with E-state index in [0.717, 1.165) is 45.6 Å². The quantitative estimate of drug-likeness (QED) is 0.797. The zero-order valence-corrected chi connectivity index (χ0v) is 13.1. The molecule has 0 saturated carbocycles. The molecule has 1 aromatic carbocycles. The molecule has 0 radical (unpaired) electrons. The van der Waals surface area contributed by atoms with Crippen LogP contribution in [-0.4, -0.2) is 48.9 Å². The van der Waals surface area contributed by atoms with Crippen LogP contribution in [0, 0.1) is 0 Å². The minimum Gasteiger partial charge on any atom is -0.335 e. The summed E-state index contributed by atoms with van der Waals surface area (Å²) in [5.74, 6) is 0.172. The van der Waals surface area contributed by atoms with Gasteiger partial charge in [-0.1, -0.05) is 22.0 Å². The summed E-state index contributed by atoms with van der Waals surface area (Å²) in [6, 6.07) is 8.14. The largest absolute Gasteiger partial charge is 0.335 e. The predicted molar refractivity (Wildman–Crippen MR) is 82.9 cm³/mol. The van der Waals surface area contributed by atoms with Gasteiger partial charge in [0.25, 0.3) is 5.91 Å². The standard InChI is InChI=1S/C14H15BrN2OS/c1-16-4-6-17(7-5-16)14(18)13-8-10-2-3-11(15)9-12(10)19-13/h2-3,8-9H,4-7H2,1H3. The van der Waals surface area contributed by atoms with E-state index in [1.807, 2.05) is 17.0 Å². The summed E-state index contributed by atoms with van der Waals surface area (Å²) in [5.41, 5.74) is 0. The minimum absolute atomic E-state index is 0.172. The van der Waals surface area contributed by atoms with Crippen molar-refractivity contribution in [1.29, 1.82) is 0 Å². The second kappa shape index (κ2) is 5.23. The Morgan fingerprint density at radius 3 is 2.68 bits per heavy atom. The zero-order valence-electron chi connectivity index (χ0n) is 10.7. The van der Waals surface area contributed by atoms with E-state index in [1.165, 1.54) is 0 Å². The number of piperazine rings is 1. The fourth-order valence-corrected chi connectivity index (χ4v) is 3.86. The number of amides is 1. The molecule has 1 amide bonds. The maximum atomic E-state index is 12.5. The van der Waals surface area contributed by atoms with Crippen LogP contribution in [0.4, 0.5) is 0 Å². The molecule has 100 valence electrons. The Kier molecular flexibility index (Phi) is 3.60. The number of thiophene rings is 1. The average Bonchev–Trinajstić information content (AvgIpc) is 2.81. The molecule has 1 saturated heterocycles. The van der Waals surface area contributed by atoms with Crippen LogP contribution >= 0.6 is 27.3 Å². The summed E-state index contributed by atoms with van der Waals surface area (Å²) in [6.45, 7) is 3.57. The second-order valence-corrected chi connectivity index (χ2v) is 6.89. The SMILES string of the molecule is CN1CCN(C(=O)c2cc3ccc(Br)cc3s2)CC1. The number of benzene rings is 1. The molecule has 0 spiro atoms. The van der Waals surface area contributed by atoms with Crippen molar-refractivity contribution >= 4 is 43.3 Å². The number of halogens is 1. The highest BCUT2D eigenvalue weighted by molar-refractivity contribution is 9.10. The van der Waals surface area contributed by atoms with Crippen LogP contribution in [0.15, 0.2) is 28.7 Å². The van der Waals surface area contributed by atoms with Crippen molar-refractivity contribution in [1.82, 2.24) is 9.80 Å². The normalized spacial score (nSPS) is 17.1. The molecular formula is C14H15BrN2OS. The molecule has 0 N–H and O–H groups in total. The van der Waals surface area contributed by atoms with Crippen molar-refractivity contribution in [2.75, 3.05) is 33.2 Å². The van der Waals surface area contributed by atoms with Gasteiger partial charge in [0.15, 0.2) is 0 Å². The third-order valence-corrected chi connectivity index (χ3v) is 5.06. The summed E-state index contributed by atoms with van der Waals surface area (Å²) in [6.07, 6.45) is 0. The Labute approximate surface area is 124 Å². The van der Waals surface area contributed by atoms with E-state index in [9.17, 15) is 4.79 Å². The number of fused-ring (bicyclic) bond motifs is 1. The molecule has 2 heterocycles. The minimum atomic E-state index is 0.172. The van der Waals surface area contributed by atoms with E-state index in [4.69, 9.17) is 0 Å². The fraction of sp³-hybridized carbons (Fsp3) is 0.357. The molecule has 2 aromatic rings. The number of carbonyl (C=O) groups excluding carboxylic acids is 1. The molecule has 1 aliphatic rings. The van der Waals surface area contributed by atoms with Crippen LogP contribution in [0.25, 0.3) is 10.1 Å². The van der Waals surface area contributed by atoms with Crippen LogP contribution in [-0.2, 0) is 0 Å². The van der Waals surface area contributed by atoms with Crippen LogP contribution in [0.5, 0.6) is 0 Å². The van der Waals surface area contributed by atoms with Gasteiger partial charge in [-0.3, -0.25) is 4.79 Å². The summed E-state index contributed by atoms with van der Waals surface area (Å²) in [4.78, 5) is 17.5. The first-order valence-corrected chi connectivity index (χ1v) is 7.91. The van der Waals surface area contributed by atoms with E-state index in [1.54, 1.807) is 11.3 Å². The number of carbonyl (C=O) groups is 1. The van der Waals surface area contributed by atoms with Crippen LogP contribution in [0.1, 0.15) is 9.67 Å². The molecule has 1 fully saturated rings. The fourth-order valence-electron chi connectivity index (χ4n) is 2.28. The third kappa shape index (κ3) is 2.68. The van der Waals surface area contributed by atoms with Gasteiger partial charge in [-0.05, 0) is 30.6 Å². The molecular weight excluding hydrogens is 324 g/mol. The molecule has 3 nitrogen and oxygen atoms in total. The maximum Gasteiger partial charge on any atom is 0.264 e. The predicted octanol–water partition coefficient (Wildman–Crippen LogP) is 3.05. The van der Waals surface area contributed by atoms with Crippen LogP contribution in [0.3, 0.4) is 0 Å². The average molecular weight is 339 g/mol.